The lowest BCUT2D eigenvalue weighted by Crippen LogP contribution is -2.38. The van der Waals surface area contributed by atoms with Gasteiger partial charge in [-0.25, -0.2) is 4.98 Å². The van der Waals surface area contributed by atoms with Crippen LogP contribution < -0.4 is 4.90 Å². The maximum Gasteiger partial charge on any atom is 0.192 e. The van der Waals surface area contributed by atoms with Crippen LogP contribution in [0.3, 0.4) is 0 Å². The summed E-state index contributed by atoms with van der Waals surface area (Å²) in [7, 11) is 2.00. The molecule has 2 rings (SSSR count). The molecule has 4 heteroatoms. The van der Waals surface area contributed by atoms with Crippen LogP contribution in [0.15, 0.2) is 22.6 Å². The summed E-state index contributed by atoms with van der Waals surface area (Å²) in [5, 5.41) is 9.47. The minimum Gasteiger partial charge on any atom is -0.441 e. The van der Waals surface area contributed by atoms with Crippen molar-refractivity contribution in [2.75, 3.05) is 18.6 Å². The van der Waals surface area contributed by atoms with Gasteiger partial charge in [-0.15, -0.1) is 0 Å². The number of aliphatic hydroxyl groups excluding tert-OH is 1. The molecule has 0 spiro atoms. The summed E-state index contributed by atoms with van der Waals surface area (Å²) in [6.45, 7) is 6.20. The number of aliphatic hydroxyl groups is 1. The Balaban J connectivity index is 2.34. The van der Waals surface area contributed by atoms with Crippen molar-refractivity contribution >= 4 is 16.8 Å². The lowest BCUT2D eigenvalue weighted by Gasteiger charge is -2.31. The van der Waals surface area contributed by atoms with Crippen molar-refractivity contribution < 1.29 is 9.52 Å². The second-order valence-corrected chi connectivity index (χ2v) is 4.99. The molecule has 0 saturated heterocycles. The Morgan fingerprint density at radius 1 is 1.39 bits per heavy atom. The molecule has 0 radical (unpaired) electrons. The van der Waals surface area contributed by atoms with E-state index in [1.807, 2.05) is 32.2 Å². The first-order valence-corrected chi connectivity index (χ1v) is 6.24. The van der Waals surface area contributed by atoms with E-state index in [-0.39, 0.29) is 12.6 Å². The second-order valence-electron chi connectivity index (χ2n) is 4.99. The number of rotatable bonds is 4. The summed E-state index contributed by atoms with van der Waals surface area (Å²) < 4.78 is 5.46. The third-order valence-corrected chi connectivity index (χ3v) is 3.34. The fourth-order valence-corrected chi connectivity index (χ4v) is 2.22. The summed E-state index contributed by atoms with van der Waals surface area (Å²) in [4.78, 5) is 6.42. The number of likely N-dealkylation sites (N-methyl/N-ethyl adjacent to an activating group) is 1. The average Bonchev–Trinajstić information content (AvgIpc) is 2.68. The predicted octanol–water partition coefficient (Wildman–Crippen LogP) is 2.59. The molecule has 0 aliphatic carbocycles. The molecule has 1 unspecified atom stereocenters. The molecule has 0 fully saturated rings. The van der Waals surface area contributed by atoms with E-state index in [2.05, 4.69) is 23.7 Å². The van der Waals surface area contributed by atoms with Crippen LogP contribution in [0.1, 0.15) is 19.7 Å². The molecule has 1 aromatic heterocycles. The molecule has 4 nitrogen and oxygen atoms in total. The number of fused-ring (bicyclic) bond motifs is 1. The van der Waals surface area contributed by atoms with Gasteiger partial charge in [0.25, 0.3) is 0 Å². The fraction of sp³-hybridized carbons (Fsp3) is 0.500. The van der Waals surface area contributed by atoms with E-state index >= 15 is 0 Å². The van der Waals surface area contributed by atoms with Crippen LogP contribution >= 0.6 is 0 Å². The molecule has 0 saturated carbocycles. The summed E-state index contributed by atoms with van der Waals surface area (Å²) in [5.41, 5.74) is 2.70. The minimum atomic E-state index is 0.107. The van der Waals surface area contributed by atoms with Crippen molar-refractivity contribution in [2.45, 2.75) is 26.8 Å². The summed E-state index contributed by atoms with van der Waals surface area (Å²) in [5.74, 6) is 1.06. The van der Waals surface area contributed by atoms with Crippen LogP contribution in [0.25, 0.3) is 11.1 Å². The van der Waals surface area contributed by atoms with E-state index in [0.29, 0.717) is 11.8 Å². The van der Waals surface area contributed by atoms with Gasteiger partial charge in [0.2, 0.25) is 0 Å². The topological polar surface area (TPSA) is 49.5 Å². The number of hydrogen-bond donors (Lipinski definition) is 1. The zero-order valence-electron chi connectivity index (χ0n) is 11.3. The highest BCUT2D eigenvalue weighted by Crippen LogP contribution is 2.24. The Morgan fingerprint density at radius 3 is 2.72 bits per heavy atom. The zero-order valence-corrected chi connectivity index (χ0v) is 11.3. The number of aryl methyl sites for hydroxylation is 1. The number of anilines is 1. The number of nitrogens with zero attached hydrogens (tertiary/aromatic N) is 2. The van der Waals surface area contributed by atoms with Crippen LogP contribution in [-0.4, -0.2) is 29.8 Å². The Labute approximate surface area is 107 Å². The van der Waals surface area contributed by atoms with Gasteiger partial charge in [0.1, 0.15) is 5.52 Å². The molecule has 0 aliphatic rings. The summed E-state index contributed by atoms with van der Waals surface area (Å²) in [6, 6.07) is 6.03. The molecule has 2 aromatic rings. The monoisotopic (exact) mass is 248 g/mol. The third-order valence-electron chi connectivity index (χ3n) is 3.34. The van der Waals surface area contributed by atoms with Crippen molar-refractivity contribution in [3.63, 3.8) is 0 Å². The highest BCUT2D eigenvalue weighted by molar-refractivity contribution is 5.77. The van der Waals surface area contributed by atoms with Gasteiger partial charge in [-0.05, 0) is 24.1 Å². The maximum absolute atomic E-state index is 9.47. The van der Waals surface area contributed by atoms with E-state index in [4.69, 9.17) is 4.42 Å². The molecule has 0 amide bonds. The van der Waals surface area contributed by atoms with Gasteiger partial charge >= 0.3 is 0 Å². The molecule has 1 heterocycles. The molecule has 98 valence electrons. The lowest BCUT2D eigenvalue weighted by atomic mass is 10.0. The van der Waals surface area contributed by atoms with Gasteiger partial charge in [-0.2, -0.15) is 0 Å². The van der Waals surface area contributed by atoms with Crippen molar-refractivity contribution in [3.8, 4) is 0 Å². The number of hydrogen-bond acceptors (Lipinski definition) is 4. The second kappa shape index (κ2) is 4.98. The molecule has 1 aromatic carbocycles. The normalized spacial score (nSPS) is 13.2. The minimum absolute atomic E-state index is 0.107. The van der Waals surface area contributed by atoms with Crippen molar-refractivity contribution in [1.29, 1.82) is 0 Å². The molecule has 0 aliphatic heterocycles. The van der Waals surface area contributed by atoms with E-state index < -0.39 is 0 Å². The number of aromatic nitrogens is 1. The van der Waals surface area contributed by atoms with Gasteiger partial charge in [0.15, 0.2) is 11.5 Å². The highest BCUT2D eigenvalue weighted by Gasteiger charge is 2.18. The Kier molecular flexibility index (Phi) is 3.57. The molecule has 18 heavy (non-hydrogen) atoms. The lowest BCUT2D eigenvalue weighted by molar-refractivity contribution is 0.234. The first-order chi connectivity index (χ1) is 8.52. The molecule has 0 bridgehead atoms. The van der Waals surface area contributed by atoms with Crippen LogP contribution in [0.4, 0.5) is 5.69 Å². The van der Waals surface area contributed by atoms with Crippen LogP contribution in [0, 0.1) is 12.8 Å². The smallest absolute Gasteiger partial charge is 0.192 e. The standard InChI is InChI=1S/C14H20N2O2/c1-9(2)13(8-17)16(4)11-5-6-14-12(7-11)15-10(3)18-14/h5-7,9,13,17H,8H2,1-4H3. The Hall–Kier alpha value is -1.55. The molecule has 1 N–H and O–H groups in total. The van der Waals surface area contributed by atoms with Gasteiger partial charge < -0.3 is 14.4 Å². The van der Waals surface area contributed by atoms with Crippen molar-refractivity contribution in [3.05, 3.63) is 24.1 Å². The molecular formula is C14H20N2O2. The first-order valence-electron chi connectivity index (χ1n) is 6.24. The zero-order chi connectivity index (χ0) is 13.3. The van der Waals surface area contributed by atoms with Gasteiger partial charge in [0.05, 0.1) is 12.6 Å². The van der Waals surface area contributed by atoms with Gasteiger partial charge in [-0.3, -0.25) is 0 Å². The van der Waals surface area contributed by atoms with Gasteiger partial charge in [0, 0.05) is 19.7 Å². The van der Waals surface area contributed by atoms with Crippen LogP contribution in [0.5, 0.6) is 0 Å². The van der Waals surface area contributed by atoms with Crippen molar-refractivity contribution in [2.24, 2.45) is 5.92 Å². The Morgan fingerprint density at radius 2 is 2.11 bits per heavy atom. The predicted molar refractivity (Wildman–Crippen MR) is 72.9 cm³/mol. The fourth-order valence-electron chi connectivity index (χ4n) is 2.22. The third kappa shape index (κ3) is 2.34. The van der Waals surface area contributed by atoms with Crippen LogP contribution in [-0.2, 0) is 0 Å². The molecule has 1 atom stereocenters. The van der Waals surface area contributed by atoms with E-state index in [1.165, 1.54) is 0 Å². The molecular weight excluding hydrogens is 228 g/mol. The first kappa shape index (κ1) is 12.9. The van der Waals surface area contributed by atoms with E-state index in [0.717, 1.165) is 16.8 Å². The highest BCUT2D eigenvalue weighted by atomic mass is 16.3. The number of oxazole rings is 1. The SMILES string of the molecule is Cc1nc2cc(N(C)C(CO)C(C)C)ccc2o1. The largest absolute Gasteiger partial charge is 0.441 e. The maximum atomic E-state index is 9.47. The van der Waals surface area contributed by atoms with Gasteiger partial charge in [-0.1, -0.05) is 13.8 Å². The summed E-state index contributed by atoms with van der Waals surface area (Å²) in [6.07, 6.45) is 0. The summed E-state index contributed by atoms with van der Waals surface area (Å²) >= 11 is 0. The van der Waals surface area contributed by atoms with E-state index in [9.17, 15) is 5.11 Å². The van der Waals surface area contributed by atoms with E-state index in [1.54, 1.807) is 0 Å². The Bertz CT molecular complexity index is 534. The quantitative estimate of drug-likeness (QED) is 0.903. The van der Waals surface area contributed by atoms with Crippen LogP contribution in [0.2, 0.25) is 0 Å². The number of benzene rings is 1. The average molecular weight is 248 g/mol. The van der Waals surface area contributed by atoms with Crippen molar-refractivity contribution in [1.82, 2.24) is 4.98 Å².